The summed E-state index contributed by atoms with van der Waals surface area (Å²) in [5.41, 5.74) is 5.17. The first-order valence-electron chi connectivity index (χ1n) is 13.7. The average Bonchev–Trinajstić information content (AvgIpc) is 3.38. The van der Waals surface area contributed by atoms with Crippen LogP contribution in [0.4, 0.5) is 0 Å². The van der Waals surface area contributed by atoms with Crippen LogP contribution in [0.5, 0.6) is 0 Å². The summed E-state index contributed by atoms with van der Waals surface area (Å²) < 4.78 is 2.09. The summed E-state index contributed by atoms with van der Waals surface area (Å²) in [6.07, 6.45) is 7.90. The van der Waals surface area contributed by atoms with Gasteiger partial charge in [0.2, 0.25) is 0 Å². The minimum absolute atomic E-state index is 0.0105. The number of pyridine rings is 1. The summed E-state index contributed by atoms with van der Waals surface area (Å²) in [7, 11) is 0. The average molecular weight is 499 g/mol. The van der Waals surface area contributed by atoms with Crippen LogP contribution in [-0.2, 0) is 13.1 Å². The van der Waals surface area contributed by atoms with Crippen molar-refractivity contribution in [2.75, 3.05) is 0 Å². The Kier molecular flexibility index (Phi) is 7.79. The molecule has 1 fully saturated rings. The molecule has 4 aromatic rings. The fourth-order valence-corrected chi connectivity index (χ4v) is 5.90. The number of hydrogen-bond acceptors (Lipinski definition) is 5. The lowest BCUT2D eigenvalue weighted by molar-refractivity contribution is 0.150. The van der Waals surface area contributed by atoms with Gasteiger partial charge in [-0.15, -0.1) is 5.10 Å². The quantitative estimate of drug-likeness (QED) is 0.298. The Labute approximate surface area is 218 Å². The molecule has 7 nitrogen and oxygen atoms in total. The van der Waals surface area contributed by atoms with E-state index in [1.807, 2.05) is 12.1 Å². The number of rotatable bonds is 9. The summed E-state index contributed by atoms with van der Waals surface area (Å²) in [6, 6.07) is 17.1. The van der Waals surface area contributed by atoms with E-state index < -0.39 is 0 Å². The highest BCUT2D eigenvalue weighted by molar-refractivity contribution is 5.83. The van der Waals surface area contributed by atoms with E-state index in [4.69, 9.17) is 0 Å². The minimum atomic E-state index is -0.0299. The van der Waals surface area contributed by atoms with E-state index in [9.17, 15) is 4.79 Å². The van der Waals surface area contributed by atoms with Crippen molar-refractivity contribution in [1.82, 2.24) is 30.1 Å². The number of H-pyrrole nitrogens is 1. The van der Waals surface area contributed by atoms with Crippen molar-refractivity contribution in [3.8, 4) is 0 Å². The maximum atomic E-state index is 13.3. The molecule has 2 aromatic heterocycles. The lowest BCUT2D eigenvalue weighted by Crippen LogP contribution is -2.33. The van der Waals surface area contributed by atoms with Gasteiger partial charge in [-0.1, -0.05) is 69.0 Å². The summed E-state index contributed by atoms with van der Waals surface area (Å²) in [4.78, 5) is 18.8. The molecule has 0 bridgehead atoms. The molecular formula is C30H38N6O. The zero-order chi connectivity index (χ0) is 25.8. The van der Waals surface area contributed by atoms with E-state index in [1.165, 1.54) is 30.4 Å². The van der Waals surface area contributed by atoms with Gasteiger partial charge in [0.15, 0.2) is 5.82 Å². The summed E-state index contributed by atoms with van der Waals surface area (Å²) in [5.74, 6) is 0.925. The number of hydrogen-bond donors (Lipinski definition) is 1. The first kappa shape index (κ1) is 25.3. The maximum Gasteiger partial charge on any atom is 0.252 e. The van der Waals surface area contributed by atoms with Gasteiger partial charge in [-0.25, -0.2) is 4.68 Å². The van der Waals surface area contributed by atoms with Crippen LogP contribution in [0, 0.1) is 13.8 Å². The Morgan fingerprint density at radius 2 is 1.84 bits per heavy atom. The van der Waals surface area contributed by atoms with Crippen LogP contribution in [-0.4, -0.2) is 30.1 Å². The number of aryl methyl sites for hydroxylation is 2. The number of nitrogens with zero attached hydrogens (tertiary/aromatic N) is 5. The van der Waals surface area contributed by atoms with Crippen molar-refractivity contribution in [3.63, 3.8) is 0 Å². The molecule has 0 saturated heterocycles. The lowest BCUT2D eigenvalue weighted by atomic mass is 9.95. The number of fused-ring (bicyclic) bond motifs is 1. The lowest BCUT2D eigenvalue weighted by Gasteiger charge is -2.32. The van der Waals surface area contributed by atoms with Gasteiger partial charge in [-0.2, -0.15) is 0 Å². The predicted molar refractivity (Wildman–Crippen MR) is 147 cm³/mol. The van der Waals surface area contributed by atoms with Crippen LogP contribution in [0.3, 0.4) is 0 Å². The molecule has 5 rings (SSSR count). The van der Waals surface area contributed by atoms with Gasteiger partial charge in [0.25, 0.3) is 5.56 Å². The Bertz CT molecular complexity index is 1390. The first-order valence-corrected chi connectivity index (χ1v) is 13.7. The van der Waals surface area contributed by atoms with Crippen molar-refractivity contribution in [2.45, 2.75) is 90.9 Å². The van der Waals surface area contributed by atoms with Crippen molar-refractivity contribution >= 4 is 10.9 Å². The monoisotopic (exact) mass is 498 g/mol. The van der Waals surface area contributed by atoms with E-state index in [1.54, 1.807) is 0 Å². The van der Waals surface area contributed by atoms with Crippen LogP contribution in [0.1, 0.15) is 92.0 Å². The number of benzene rings is 2. The molecule has 1 N–H and O–H groups in total. The summed E-state index contributed by atoms with van der Waals surface area (Å²) >= 11 is 0. The molecule has 0 aliphatic heterocycles. The third-order valence-electron chi connectivity index (χ3n) is 7.73. The molecule has 1 atom stereocenters. The van der Waals surface area contributed by atoms with Crippen LogP contribution < -0.4 is 5.56 Å². The number of aromatic nitrogens is 5. The van der Waals surface area contributed by atoms with E-state index in [0.717, 1.165) is 53.5 Å². The van der Waals surface area contributed by atoms with Crippen molar-refractivity contribution < 1.29 is 0 Å². The van der Waals surface area contributed by atoms with Crippen LogP contribution >= 0.6 is 0 Å². The van der Waals surface area contributed by atoms with Gasteiger partial charge >= 0.3 is 0 Å². The highest BCUT2D eigenvalue weighted by atomic mass is 16.1. The minimum Gasteiger partial charge on any atom is -0.322 e. The topological polar surface area (TPSA) is 79.7 Å². The van der Waals surface area contributed by atoms with Crippen molar-refractivity contribution in [3.05, 3.63) is 87.0 Å². The van der Waals surface area contributed by atoms with Crippen LogP contribution in [0.2, 0.25) is 0 Å². The molecule has 1 aliphatic rings. The van der Waals surface area contributed by atoms with E-state index in [0.29, 0.717) is 19.1 Å². The molecular weight excluding hydrogens is 460 g/mol. The highest BCUT2D eigenvalue weighted by Crippen LogP contribution is 2.33. The number of nitrogens with one attached hydrogen (secondary N) is 1. The summed E-state index contributed by atoms with van der Waals surface area (Å²) in [5, 5.41) is 14.3. The second-order valence-electron chi connectivity index (χ2n) is 10.6. The van der Waals surface area contributed by atoms with E-state index in [2.05, 4.69) is 87.3 Å². The van der Waals surface area contributed by atoms with Gasteiger partial charge < -0.3 is 4.98 Å². The molecule has 1 saturated carbocycles. The third-order valence-corrected chi connectivity index (χ3v) is 7.73. The second-order valence-corrected chi connectivity index (χ2v) is 10.6. The first-order chi connectivity index (χ1) is 18.0. The normalized spacial score (nSPS) is 15.5. The molecule has 0 spiro atoms. The van der Waals surface area contributed by atoms with Gasteiger partial charge in [0, 0.05) is 29.6 Å². The Morgan fingerprint density at radius 1 is 1.05 bits per heavy atom. The van der Waals surface area contributed by atoms with Crippen molar-refractivity contribution in [2.24, 2.45) is 0 Å². The Balaban J connectivity index is 1.55. The van der Waals surface area contributed by atoms with Crippen LogP contribution in [0.25, 0.3) is 10.9 Å². The number of tetrazole rings is 1. The van der Waals surface area contributed by atoms with Crippen molar-refractivity contribution in [1.29, 1.82) is 0 Å². The zero-order valence-electron chi connectivity index (χ0n) is 22.3. The molecule has 37 heavy (non-hydrogen) atoms. The largest absolute Gasteiger partial charge is 0.322 e. The maximum absolute atomic E-state index is 13.3. The standard InChI is InChI=1S/C30H38N6O/c1-4-11-28(29-32-33-34-36(29)25-14-9-6-10-15-25)35(19-23-12-7-5-8-13-23)20-24-18-26-22(3)16-21(2)17-27(26)31-30(24)37/h5,7-8,12-13,16-18,25,28H,4,6,9-11,14-15,19-20H2,1-3H3,(H,31,37)/t28-/m0/s1. The predicted octanol–water partition coefficient (Wildman–Crippen LogP) is 6.18. The Morgan fingerprint density at radius 3 is 2.59 bits per heavy atom. The fraction of sp³-hybridized carbons (Fsp3) is 0.467. The smallest absolute Gasteiger partial charge is 0.252 e. The molecule has 0 amide bonds. The second kappa shape index (κ2) is 11.4. The van der Waals surface area contributed by atoms with E-state index >= 15 is 0 Å². The molecule has 2 heterocycles. The molecule has 0 radical (unpaired) electrons. The fourth-order valence-electron chi connectivity index (χ4n) is 5.90. The van der Waals surface area contributed by atoms with Crippen LogP contribution in [0.15, 0.2) is 53.3 Å². The molecule has 1 aliphatic carbocycles. The SMILES string of the molecule is CCC[C@@H](c1nnnn1C1CCCCC1)N(Cc1ccccc1)Cc1cc2c(C)cc(C)cc2[nH]c1=O. The van der Waals surface area contributed by atoms with Gasteiger partial charge in [-0.05, 0) is 72.4 Å². The molecule has 2 aromatic carbocycles. The Hall–Kier alpha value is -3.32. The van der Waals surface area contributed by atoms with Gasteiger partial charge in [0.1, 0.15) is 0 Å². The highest BCUT2D eigenvalue weighted by Gasteiger charge is 2.29. The zero-order valence-corrected chi connectivity index (χ0v) is 22.3. The number of aromatic amines is 1. The molecule has 0 unspecified atom stereocenters. The summed E-state index contributed by atoms with van der Waals surface area (Å²) in [6.45, 7) is 7.61. The molecule has 7 heteroatoms. The molecule has 194 valence electrons. The van der Waals surface area contributed by atoms with E-state index in [-0.39, 0.29) is 11.6 Å². The van der Waals surface area contributed by atoms with Gasteiger partial charge in [0.05, 0.1) is 12.1 Å². The van der Waals surface area contributed by atoms with Gasteiger partial charge in [-0.3, -0.25) is 9.69 Å². The third kappa shape index (κ3) is 5.67.